The van der Waals surface area contributed by atoms with E-state index < -0.39 is 24.0 Å². The molecule has 0 aliphatic carbocycles. The van der Waals surface area contributed by atoms with Crippen molar-refractivity contribution >= 4 is 23.8 Å². The van der Waals surface area contributed by atoms with Crippen LogP contribution < -0.4 is 5.32 Å². The van der Waals surface area contributed by atoms with E-state index in [1.54, 1.807) is 0 Å². The maximum absolute atomic E-state index is 11.5. The molecule has 0 radical (unpaired) electrons. The van der Waals surface area contributed by atoms with Gasteiger partial charge < -0.3 is 20.4 Å². The molecular weight excluding hydrogens is 270 g/mol. The van der Waals surface area contributed by atoms with Gasteiger partial charge in [-0.2, -0.15) is 0 Å². The van der Waals surface area contributed by atoms with E-state index in [1.807, 2.05) is 0 Å². The molecule has 4 amide bonds. The number of hydrogen-bond donors (Lipinski definition) is 3. The zero-order valence-electron chi connectivity index (χ0n) is 11.0. The number of imide groups is 1. The van der Waals surface area contributed by atoms with Crippen LogP contribution in [0.5, 0.6) is 0 Å². The number of aliphatic hydroxyl groups excluding tert-OH is 1. The molecule has 0 aromatic carbocycles. The highest BCUT2D eigenvalue weighted by Gasteiger charge is 2.32. The van der Waals surface area contributed by atoms with Crippen LogP contribution in [0.4, 0.5) is 4.79 Å². The molecular formula is C11H17N3O6. The van der Waals surface area contributed by atoms with Crippen molar-refractivity contribution in [2.75, 3.05) is 26.7 Å². The van der Waals surface area contributed by atoms with Crippen LogP contribution in [0.15, 0.2) is 0 Å². The largest absolute Gasteiger partial charge is 0.479 e. The van der Waals surface area contributed by atoms with E-state index in [0.29, 0.717) is 0 Å². The Bertz CT molecular complexity index is 424. The van der Waals surface area contributed by atoms with Crippen LogP contribution in [0.25, 0.3) is 0 Å². The monoisotopic (exact) mass is 287 g/mol. The molecule has 1 saturated heterocycles. The molecule has 1 aliphatic heterocycles. The van der Waals surface area contributed by atoms with E-state index in [4.69, 9.17) is 10.2 Å². The summed E-state index contributed by atoms with van der Waals surface area (Å²) in [5.41, 5.74) is 0. The second-order valence-corrected chi connectivity index (χ2v) is 4.45. The van der Waals surface area contributed by atoms with Crippen LogP contribution in [-0.4, -0.2) is 76.6 Å². The first-order valence-corrected chi connectivity index (χ1v) is 6.06. The summed E-state index contributed by atoms with van der Waals surface area (Å²) in [6, 6.07) is -0.392. The van der Waals surface area contributed by atoms with Crippen LogP contribution >= 0.6 is 0 Å². The SMILES string of the molecule is CN1CC(=O)N(CCCC(=O)NCC(O)C(=O)O)C1=O. The summed E-state index contributed by atoms with van der Waals surface area (Å²) >= 11 is 0. The number of likely N-dealkylation sites (N-methyl/N-ethyl adjacent to an activating group) is 1. The Kier molecular flexibility index (Phi) is 5.44. The molecule has 1 heterocycles. The lowest BCUT2D eigenvalue weighted by atomic mass is 10.2. The smallest absolute Gasteiger partial charge is 0.334 e. The molecule has 9 nitrogen and oxygen atoms in total. The zero-order chi connectivity index (χ0) is 15.3. The van der Waals surface area contributed by atoms with Crippen molar-refractivity contribution in [3.8, 4) is 0 Å². The summed E-state index contributed by atoms with van der Waals surface area (Å²) in [4.78, 5) is 47.0. The van der Waals surface area contributed by atoms with E-state index in [9.17, 15) is 19.2 Å². The Morgan fingerprint density at radius 2 is 2.05 bits per heavy atom. The Hall–Kier alpha value is -2.16. The molecule has 3 N–H and O–H groups in total. The number of aliphatic carboxylic acids is 1. The standard InChI is InChI=1S/C11H17N3O6/c1-13-6-9(17)14(11(13)20)4-2-3-8(16)12-5-7(15)10(18)19/h7,15H,2-6H2,1H3,(H,12,16)(H,18,19). The van der Waals surface area contributed by atoms with Crippen LogP contribution in [0.3, 0.4) is 0 Å². The zero-order valence-corrected chi connectivity index (χ0v) is 11.0. The summed E-state index contributed by atoms with van der Waals surface area (Å²) < 4.78 is 0. The summed E-state index contributed by atoms with van der Waals surface area (Å²) in [6.45, 7) is -0.203. The van der Waals surface area contributed by atoms with Gasteiger partial charge in [-0.15, -0.1) is 0 Å². The lowest BCUT2D eigenvalue weighted by Gasteiger charge is -2.13. The third-order valence-corrected chi connectivity index (χ3v) is 2.79. The van der Waals surface area contributed by atoms with Crippen molar-refractivity contribution in [1.82, 2.24) is 15.1 Å². The molecule has 9 heteroatoms. The van der Waals surface area contributed by atoms with Gasteiger partial charge in [0.2, 0.25) is 11.8 Å². The van der Waals surface area contributed by atoms with Gasteiger partial charge in [0.05, 0.1) is 6.54 Å². The van der Waals surface area contributed by atoms with E-state index >= 15 is 0 Å². The van der Waals surface area contributed by atoms with Gasteiger partial charge in [-0.05, 0) is 6.42 Å². The Morgan fingerprint density at radius 3 is 2.55 bits per heavy atom. The minimum atomic E-state index is -1.64. The summed E-state index contributed by atoms with van der Waals surface area (Å²) in [6.07, 6.45) is -1.33. The Labute approximate surface area is 115 Å². The molecule has 112 valence electrons. The number of carboxylic acids is 1. The number of hydrogen-bond acceptors (Lipinski definition) is 5. The molecule has 0 bridgehead atoms. The number of carbonyl (C=O) groups is 4. The van der Waals surface area contributed by atoms with Crippen molar-refractivity contribution in [1.29, 1.82) is 0 Å². The topological polar surface area (TPSA) is 127 Å². The van der Waals surface area contributed by atoms with Crippen molar-refractivity contribution < 1.29 is 29.4 Å². The molecule has 0 saturated carbocycles. The van der Waals surface area contributed by atoms with Crippen molar-refractivity contribution in [2.24, 2.45) is 0 Å². The summed E-state index contributed by atoms with van der Waals surface area (Å²) in [5.74, 6) is -2.17. The molecule has 1 aliphatic rings. The van der Waals surface area contributed by atoms with Crippen LogP contribution in [-0.2, 0) is 14.4 Å². The molecule has 1 unspecified atom stereocenters. The van der Waals surface area contributed by atoms with Gasteiger partial charge >= 0.3 is 12.0 Å². The van der Waals surface area contributed by atoms with Crippen LogP contribution in [0, 0.1) is 0 Å². The summed E-state index contributed by atoms with van der Waals surface area (Å²) in [5, 5.41) is 19.6. The quantitative estimate of drug-likeness (QED) is 0.475. The maximum atomic E-state index is 11.5. The predicted octanol–water partition coefficient (Wildman–Crippen LogP) is -1.78. The second-order valence-electron chi connectivity index (χ2n) is 4.45. The predicted molar refractivity (Wildman–Crippen MR) is 65.6 cm³/mol. The van der Waals surface area contributed by atoms with Gasteiger partial charge in [0.15, 0.2) is 6.10 Å². The fourth-order valence-corrected chi connectivity index (χ4v) is 1.67. The van der Waals surface area contributed by atoms with Gasteiger partial charge in [-0.25, -0.2) is 9.59 Å². The molecule has 0 spiro atoms. The number of rotatable bonds is 7. The first-order valence-electron chi connectivity index (χ1n) is 6.06. The van der Waals surface area contributed by atoms with Crippen molar-refractivity contribution in [2.45, 2.75) is 18.9 Å². The highest BCUT2D eigenvalue weighted by molar-refractivity contribution is 6.01. The number of urea groups is 1. The minimum absolute atomic E-state index is 0.0348. The highest BCUT2D eigenvalue weighted by Crippen LogP contribution is 2.08. The second kappa shape index (κ2) is 6.85. The number of amides is 4. The molecule has 1 fully saturated rings. The average Bonchev–Trinajstić information content (AvgIpc) is 2.62. The first kappa shape index (κ1) is 15.9. The van der Waals surface area contributed by atoms with Gasteiger partial charge in [0.1, 0.15) is 6.54 Å². The van der Waals surface area contributed by atoms with Gasteiger partial charge in [0, 0.05) is 20.0 Å². The molecule has 1 atom stereocenters. The number of nitrogens with zero attached hydrogens (tertiary/aromatic N) is 2. The number of carbonyl (C=O) groups excluding carboxylic acids is 3. The molecule has 1 rings (SSSR count). The normalized spacial score (nSPS) is 16.5. The van der Waals surface area contributed by atoms with Crippen molar-refractivity contribution in [3.05, 3.63) is 0 Å². The Morgan fingerprint density at radius 1 is 1.40 bits per heavy atom. The molecule has 20 heavy (non-hydrogen) atoms. The number of carboxylic acid groups (broad SMARTS) is 1. The van der Waals surface area contributed by atoms with E-state index in [1.165, 1.54) is 11.9 Å². The molecule has 0 aromatic heterocycles. The fourth-order valence-electron chi connectivity index (χ4n) is 1.67. The van der Waals surface area contributed by atoms with E-state index in [2.05, 4.69) is 5.32 Å². The summed E-state index contributed by atoms with van der Waals surface area (Å²) in [7, 11) is 1.51. The van der Waals surface area contributed by atoms with E-state index in [0.717, 1.165) is 4.90 Å². The van der Waals surface area contributed by atoms with E-state index in [-0.39, 0.29) is 38.4 Å². The number of aliphatic hydroxyl groups is 1. The third-order valence-electron chi connectivity index (χ3n) is 2.79. The van der Waals surface area contributed by atoms with Crippen LogP contribution in [0.1, 0.15) is 12.8 Å². The van der Waals surface area contributed by atoms with Gasteiger partial charge in [-0.3, -0.25) is 14.5 Å². The number of nitrogens with one attached hydrogen (secondary N) is 1. The van der Waals surface area contributed by atoms with Crippen molar-refractivity contribution in [3.63, 3.8) is 0 Å². The van der Waals surface area contributed by atoms with Crippen LogP contribution in [0.2, 0.25) is 0 Å². The molecule has 0 aromatic rings. The van der Waals surface area contributed by atoms with Gasteiger partial charge in [0.25, 0.3) is 0 Å². The lowest BCUT2D eigenvalue weighted by Crippen LogP contribution is -2.37. The highest BCUT2D eigenvalue weighted by atomic mass is 16.4. The van der Waals surface area contributed by atoms with Gasteiger partial charge in [-0.1, -0.05) is 0 Å². The Balaban J connectivity index is 2.24. The third kappa shape index (κ3) is 4.19. The minimum Gasteiger partial charge on any atom is -0.479 e. The average molecular weight is 287 g/mol. The fraction of sp³-hybridized carbons (Fsp3) is 0.636. The lowest BCUT2D eigenvalue weighted by molar-refractivity contribution is -0.146. The maximum Gasteiger partial charge on any atom is 0.334 e. The first-order chi connectivity index (χ1) is 9.32.